The average Bonchev–Trinajstić information content (AvgIpc) is 2.59. The third kappa shape index (κ3) is 4.58. The van der Waals surface area contributed by atoms with Gasteiger partial charge in [-0.15, -0.1) is 0 Å². The van der Waals surface area contributed by atoms with Crippen molar-refractivity contribution in [1.29, 1.82) is 0 Å². The predicted molar refractivity (Wildman–Crippen MR) is 105 cm³/mol. The summed E-state index contributed by atoms with van der Waals surface area (Å²) in [5.74, 6) is 2.39. The number of aliphatic hydroxyl groups is 1. The molecule has 1 aromatic heterocycles. The molecule has 1 fully saturated rings. The lowest BCUT2D eigenvalue weighted by molar-refractivity contribution is -0.0846. The molecular weight excluding hydrogens is 346 g/mol. The molecule has 0 amide bonds. The maximum Gasteiger partial charge on any atom is 0.229 e. The van der Waals surface area contributed by atoms with Gasteiger partial charge in [-0.1, -0.05) is 0 Å². The lowest BCUT2D eigenvalue weighted by Gasteiger charge is -2.39. The molecule has 1 aromatic carbocycles. The molecule has 0 aliphatic carbocycles. The van der Waals surface area contributed by atoms with E-state index in [0.717, 1.165) is 36.7 Å². The molecule has 0 saturated carbocycles. The number of rotatable bonds is 8. The van der Waals surface area contributed by atoms with E-state index >= 15 is 0 Å². The monoisotopic (exact) mass is 373 g/mol. The zero-order chi connectivity index (χ0) is 19.4. The number of nitrogens with zero attached hydrogens (tertiary/aromatic N) is 3. The predicted octanol–water partition coefficient (Wildman–Crippen LogP) is 2.37. The Kier molecular flexibility index (Phi) is 5.98. The number of likely N-dealkylation sites (tertiary alicyclic amines) is 1. The standard InChI is InChI=1S/C19H27N5O3/c1-12-10-17(20-3)23-19(21-12)22-14-6-7-15(26-4)16(11-14)27-18(13(2)25)24-8-5-9-24/h6-7,10-11,13,18,25H,5,8-9H2,1-4H3,(H2,20,21,22,23)/t13?,18-/m1/s1. The molecule has 0 radical (unpaired) electrons. The molecule has 27 heavy (non-hydrogen) atoms. The van der Waals surface area contributed by atoms with E-state index in [1.165, 1.54) is 0 Å². The first kappa shape index (κ1) is 19.2. The second-order valence-electron chi connectivity index (χ2n) is 6.60. The van der Waals surface area contributed by atoms with E-state index in [9.17, 15) is 5.11 Å². The molecule has 8 nitrogen and oxygen atoms in total. The van der Waals surface area contributed by atoms with Gasteiger partial charge in [-0.25, -0.2) is 4.98 Å². The van der Waals surface area contributed by atoms with Gasteiger partial charge in [0.1, 0.15) is 11.9 Å². The molecule has 2 aromatic rings. The van der Waals surface area contributed by atoms with E-state index in [-0.39, 0.29) is 0 Å². The van der Waals surface area contributed by atoms with E-state index in [2.05, 4.69) is 25.5 Å². The van der Waals surface area contributed by atoms with E-state index in [4.69, 9.17) is 9.47 Å². The first-order chi connectivity index (χ1) is 13.0. The van der Waals surface area contributed by atoms with Crippen molar-refractivity contribution in [2.24, 2.45) is 0 Å². The molecule has 2 atom stereocenters. The summed E-state index contributed by atoms with van der Waals surface area (Å²) in [7, 11) is 3.41. The number of benzene rings is 1. The van der Waals surface area contributed by atoms with Gasteiger partial charge in [0.05, 0.1) is 7.11 Å². The van der Waals surface area contributed by atoms with Crippen LogP contribution < -0.4 is 20.1 Å². The Morgan fingerprint density at radius 3 is 2.56 bits per heavy atom. The summed E-state index contributed by atoms with van der Waals surface area (Å²) in [6, 6.07) is 7.39. The number of ether oxygens (including phenoxy) is 2. The van der Waals surface area contributed by atoms with Crippen LogP contribution in [0.4, 0.5) is 17.5 Å². The van der Waals surface area contributed by atoms with Gasteiger partial charge in [-0.2, -0.15) is 4.98 Å². The number of hydrogen-bond acceptors (Lipinski definition) is 8. The number of aryl methyl sites for hydroxylation is 1. The van der Waals surface area contributed by atoms with Crippen molar-refractivity contribution in [3.05, 3.63) is 30.0 Å². The highest BCUT2D eigenvalue weighted by Gasteiger charge is 2.30. The number of anilines is 3. The Labute approximate surface area is 159 Å². The maximum atomic E-state index is 10.1. The van der Waals surface area contributed by atoms with E-state index in [1.54, 1.807) is 14.0 Å². The number of methoxy groups -OCH3 is 1. The van der Waals surface area contributed by atoms with Crippen LogP contribution in [0.15, 0.2) is 24.3 Å². The summed E-state index contributed by atoms with van der Waals surface area (Å²) in [5.41, 5.74) is 1.63. The summed E-state index contributed by atoms with van der Waals surface area (Å²) in [5, 5.41) is 16.3. The lowest BCUT2D eigenvalue weighted by Crippen LogP contribution is -2.53. The first-order valence-corrected chi connectivity index (χ1v) is 9.07. The maximum absolute atomic E-state index is 10.1. The fourth-order valence-electron chi connectivity index (χ4n) is 2.93. The van der Waals surface area contributed by atoms with Crippen LogP contribution in [-0.4, -0.2) is 59.6 Å². The Hall–Kier alpha value is -2.58. The molecular formula is C19H27N5O3. The minimum atomic E-state index is -0.620. The van der Waals surface area contributed by atoms with Crippen molar-refractivity contribution >= 4 is 17.5 Å². The third-order valence-corrected chi connectivity index (χ3v) is 4.44. The second kappa shape index (κ2) is 8.41. The fraction of sp³-hybridized carbons (Fsp3) is 0.474. The summed E-state index contributed by atoms with van der Waals surface area (Å²) in [6.45, 7) is 5.48. The van der Waals surface area contributed by atoms with Crippen molar-refractivity contribution in [2.75, 3.05) is 37.9 Å². The van der Waals surface area contributed by atoms with Crippen LogP contribution in [0.25, 0.3) is 0 Å². The molecule has 1 aliphatic rings. The SMILES string of the molecule is CNc1cc(C)nc(Nc2ccc(OC)c(O[C@H](C(C)O)N3CCC3)c2)n1. The Morgan fingerprint density at radius 2 is 1.96 bits per heavy atom. The van der Waals surface area contributed by atoms with Crippen molar-refractivity contribution in [1.82, 2.24) is 14.9 Å². The normalized spacial score (nSPS) is 16.2. The van der Waals surface area contributed by atoms with E-state index in [0.29, 0.717) is 17.4 Å². The third-order valence-electron chi connectivity index (χ3n) is 4.44. The topological polar surface area (TPSA) is 91.8 Å². The van der Waals surface area contributed by atoms with Crippen molar-refractivity contribution < 1.29 is 14.6 Å². The highest BCUT2D eigenvalue weighted by atomic mass is 16.5. The number of aliphatic hydroxyl groups excluding tert-OH is 1. The van der Waals surface area contributed by atoms with Crippen LogP contribution in [-0.2, 0) is 0 Å². The first-order valence-electron chi connectivity index (χ1n) is 9.07. The second-order valence-corrected chi connectivity index (χ2v) is 6.60. The van der Waals surface area contributed by atoms with Gasteiger partial charge in [-0.3, -0.25) is 4.90 Å². The Balaban J connectivity index is 1.83. The molecule has 1 saturated heterocycles. The summed E-state index contributed by atoms with van der Waals surface area (Å²) < 4.78 is 11.5. The smallest absolute Gasteiger partial charge is 0.229 e. The molecule has 3 N–H and O–H groups in total. The van der Waals surface area contributed by atoms with Crippen LogP contribution in [0.5, 0.6) is 11.5 Å². The van der Waals surface area contributed by atoms with Gasteiger partial charge in [0.15, 0.2) is 17.7 Å². The molecule has 3 rings (SSSR count). The van der Waals surface area contributed by atoms with Crippen LogP contribution in [0, 0.1) is 6.92 Å². The zero-order valence-electron chi connectivity index (χ0n) is 16.2. The average molecular weight is 373 g/mol. The quantitative estimate of drug-likeness (QED) is 0.650. The number of aromatic nitrogens is 2. The van der Waals surface area contributed by atoms with Crippen LogP contribution in [0.3, 0.4) is 0 Å². The number of nitrogens with one attached hydrogen (secondary N) is 2. The summed E-state index contributed by atoms with van der Waals surface area (Å²) in [4.78, 5) is 10.9. The van der Waals surface area contributed by atoms with Gasteiger partial charge in [-0.05, 0) is 32.4 Å². The van der Waals surface area contributed by atoms with E-state index < -0.39 is 12.3 Å². The van der Waals surface area contributed by atoms with Gasteiger partial charge < -0.3 is 25.2 Å². The summed E-state index contributed by atoms with van der Waals surface area (Å²) in [6.07, 6.45) is 0.0861. The van der Waals surface area contributed by atoms with Crippen molar-refractivity contribution in [3.63, 3.8) is 0 Å². The molecule has 8 heteroatoms. The highest BCUT2D eigenvalue weighted by Crippen LogP contribution is 2.33. The van der Waals surface area contributed by atoms with Crippen LogP contribution >= 0.6 is 0 Å². The van der Waals surface area contributed by atoms with Gasteiger partial charge in [0, 0.05) is 43.7 Å². The van der Waals surface area contributed by atoms with Gasteiger partial charge in [0.2, 0.25) is 5.95 Å². The molecule has 0 spiro atoms. The Bertz CT molecular complexity index is 780. The minimum absolute atomic E-state index is 0.408. The minimum Gasteiger partial charge on any atom is -0.493 e. The summed E-state index contributed by atoms with van der Waals surface area (Å²) >= 11 is 0. The Morgan fingerprint density at radius 1 is 1.19 bits per heavy atom. The molecule has 146 valence electrons. The van der Waals surface area contributed by atoms with Crippen LogP contribution in [0.1, 0.15) is 19.0 Å². The largest absolute Gasteiger partial charge is 0.493 e. The lowest BCUT2D eigenvalue weighted by atomic mass is 10.2. The van der Waals surface area contributed by atoms with Gasteiger partial charge >= 0.3 is 0 Å². The molecule has 2 heterocycles. The van der Waals surface area contributed by atoms with Crippen molar-refractivity contribution in [3.8, 4) is 11.5 Å². The van der Waals surface area contributed by atoms with Crippen LogP contribution in [0.2, 0.25) is 0 Å². The van der Waals surface area contributed by atoms with Crippen molar-refractivity contribution in [2.45, 2.75) is 32.6 Å². The molecule has 1 aliphatic heterocycles. The fourth-order valence-corrected chi connectivity index (χ4v) is 2.93. The number of hydrogen-bond donors (Lipinski definition) is 3. The molecule has 1 unspecified atom stereocenters. The zero-order valence-corrected chi connectivity index (χ0v) is 16.2. The highest BCUT2D eigenvalue weighted by molar-refractivity contribution is 5.60. The van der Waals surface area contributed by atoms with E-state index in [1.807, 2.05) is 38.2 Å². The van der Waals surface area contributed by atoms with Gasteiger partial charge in [0.25, 0.3) is 0 Å². The molecule has 0 bridgehead atoms.